The Hall–Kier alpha value is -2.09. The fourth-order valence-corrected chi connectivity index (χ4v) is 2.40. The van der Waals surface area contributed by atoms with Crippen molar-refractivity contribution in [2.75, 3.05) is 5.32 Å². The number of carbonyl (C=O) groups excluding carboxylic acids is 1. The lowest BCUT2D eigenvalue weighted by atomic mass is 10.1. The van der Waals surface area contributed by atoms with Crippen LogP contribution in [0.15, 0.2) is 24.3 Å². The molecule has 0 spiro atoms. The summed E-state index contributed by atoms with van der Waals surface area (Å²) in [6.07, 6.45) is -5.41. The summed E-state index contributed by atoms with van der Waals surface area (Å²) in [5.41, 5.74) is -0.341. The minimum atomic E-state index is -3.13. The molecule has 1 N–H and O–H groups in total. The predicted octanol–water partition coefficient (Wildman–Crippen LogP) is 4.61. The van der Waals surface area contributed by atoms with Gasteiger partial charge in [0.2, 0.25) is 5.91 Å². The van der Waals surface area contributed by atoms with Crippen molar-refractivity contribution in [3.8, 4) is 0 Å². The largest absolute Gasteiger partial charge is 0.324 e. The normalized spacial score (nSPS) is 11.3. The van der Waals surface area contributed by atoms with Crippen LogP contribution in [0, 0.1) is 0 Å². The highest BCUT2D eigenvalue weighted by Crippen LogP contribution is 2.34. The van der Waals surface area contributed by atoms with Gasteiger partial charge >= 0.3 is 0 Å². The van der Waals surface area contributed by atoms with Gasteiger partial charge in [-0.1, -0.05) is 30.7 Å². The molecule has 24 heavy (non-hydrogen) atoms. The molecule has 1 aromatic carbocycles. The summed E-state index contributed by atoms with van der Waals surface area (Å²) in [6, 6.07) is 6.93. The number of aryl methyl sites for hydroxylation is 1. The van der Waals surface area contributed by atoms with E-state index in [0.717, 1.165) is 12.0 Å². The Morgan fingerprint density at radius 2 is 1.83 bits per heavy atom. The quantitative estimate of drug-likeness (QED) is 0.762. The first-order valence-electron chi connectivity index (χ1n) is 7.04. The second-order valence-corrected chi connectivity index (χ2v) is 5.32. The van der Waals surface area contributed by atoms with E-state index in [0.29, 0.717) is 10.4 Å². The zero-order valence-corrected chi connectivity index (χ0v) is 13.3. The summed E-state index contributed by atoms with van der Waals surface area (Å²) in [7, 11) is 0. The number of hydrogen-bond donors (Lipinski definition) is 1. The highest BCUT2D eigenvalue weighted by Gasteiger charge is 2.28. The maximum absolute atomic E-state index is 13.0. The van der Waals surface area contributed by atoms with Gasteiger partial charge in [-0.05, 0) is 24.1 Å². The van der Waals surface area contributed by atoms with Crippen molar-refractivity contribution < 1.29 is 22.4 Å². The zero-order chi connectivity index (χ0) is 17.9. The molecular formula is C15H14ClF4N3O. The minimum Gasteiger partial charge on any atom is -0.324 e. The number of nitrogens with one attached hydrogen (secondary N) is 1. The van der Waals surface area contributed by atoms with E-state index in [-0.39, 0.29) is 0 Å². The molecule has 0 unspecified atom stereocenters. The predicted molar refractivity (Wildman–Crippen MR) is 81.6 cm³/mol. The average molecular weight is 364 g/mol. The molecular weight excluding hydrogens is 350 g/mol. The first-order chi connectivity index (χ1) is 11.3. The summed E-state index contributed by atoms with van der Waals surface area (Å²) >= 11 is 5.52. The third kappa shape index (κ3) is 4.05. The lowest BCUT2D eigenvalue weighted by Crippen LogP contribution is -2.21. The van der Waals surface area contributed by atoms with Gasteiger partial charge in [-0.2, -0.15) is 5.10 Å². The van der Waals surface area contributed by atoms with Crippen molar-refractivity contribution in [1.82, 2.24) is 9.78 Å². The van der Waals surface area contributed by atoms with E-state index in [2.05, 4.69) is 10.4 Å². The number of alkyl halides is 4. The highest BCUT2D eigenvalue weighted by atomic mass is 35.5. The number of carbonyl (C=O) groups is 1. The number of benzene rings is 1. The summed E-state index contributed by atoms with van der Waals surface area (Å²) in [5, 5.41) is 5.00. The van der Waals surface area contributed by atoms with E-state index >= 15 is 0 Å². The van der Waals surface area contributed by atoms with Gasteiger partial charge in [0.1, 0.15) is 17.9 Å². The van der Waals surface area contributed by atoms with Gasteiger partial charge in [0, 0.05) is 5.69 Å². The van der Waals surface area contributed by atoms with Gasteiger partial charge in [0.05, 0.1) is 5.02 Å². The van der Waals surface area contributed by atoms with Crippen LogP contribution in [-0.2, 0) is 17.8 Å². The zero-order valence-electron chi connectivity index (χ0n) is 12.6. The van der Waals surface area contributed by atoms with E-state index in [1.54, 1.807) is 24.3 Å². The molecule has 2 aromatic rings. The molecule has 0 aliphatic heterocycles. The van der Waals surface area contributed by atoms with Crippen molar-refractivity contribution in [2.24, 2.45) is 0 Å². The van der Waals surface area contributed by atoms with Crippen LogP contribution in [0.5, 0.6) is 0 Å². The maximum atomic E-state index is 13.0. The summed E-state index contributed by atoms with van der Waals surface area (Å²) in [4.78, 5) is 12.0. The minimum absolute atomic E-state index is 0.461. The van der Waals surface area contributed by atoms with Crippen LogP contribution >= 0.6 is 11.6 Å². The summed E-state index contributed by atoms with van der Waals surface area (Å²) < 4.78 is 52.0. The van der Waals surface area contributed by atoms with Crippen LogP contribution in [0.25, 0.3) is 0 Å². The van der Waals surface area contributed by atoms with Crippen molar-refractivity contribution >= 4 is 23.2 Å². The fourth-order valence-electron chi connectivity index (χ4n) is 2.10. The molecule has 0 bridgehead atoms. The Morgan fingerprint density at radius 3 is 2.33 bits per heavy atom. The molecule has 1 aromatic heterocycles. The summed E-state index contributed by atoms with van der Waals surface area (Å²) in [5.74, 6) is -0.680. The van der Waals surface area contributed by atoms with Crippen molar-refractivity contribution in [3.05, 3.63) is 46.2 Å². The van der Waals surface area contributed by atoms with Crippen LogP contribution in [0.2, 0.25) is 5.02 Å². The SMILES string of the molecule is CCc1ccc(NC(=O)Cn2nc(C(F)F)c(Cl)c2C(F)F)cc1. The number of nitrogens with zero attached hydrogens (tertiary/aromatic N) is 2. The standard InChI is InChI=1S/C15H14ClF4N3O/c1-2-8-3-5-9(6-4-8)21-10(24)7-23-13(15(19)20)11(16)12(22-23)14(17)18/h3-6,14-15H,2,7H2,1H3,(H,21,24). The van der Waals surface area contributed by atoms with Crippen LogP contribution in [-0.4, -0.2) is 15.7 Å². The molecule has 0 aliphatic rings. The van der Waals surface area contributed by atoms with E-state index in [9.17, 15) is 22.4 Å². The average Bonchev–Trinajstić information content (AvgIpc) is 2.84. The fraction of sp³-hybridized carbons (Fsp3) is 0.333. The van der Waals surface area contributed by atoms with Crippen LogP contribution < -0.4 is 5.32 Å². The van der Waals surface area contributed by atoms with E-state index in [4.69, 9.17) is 11.6 Å². The third-order valence-electron chi connectivity index (χ3n) is 3.31. The summed E-state index contributed by atoms with van der Waals surface area (Å²) in [6.45, 7) is 1.32. The van der Waals surface area contributed by atoms with E-state index < -0.39 is 41.7 Å². The molecule has 9 heteroatoms. The van der Waals surface area contributed by atoms with E-state index in [1.807, 2.05) is 6.92 Å². The molecule has 2 rings (SSSR count). The van der Waals surface area contributed by atoms with Crippen molar-refractivity contribution in [2.45, 2.75) is 32.7 Å². The highest BCUT2D eigenvalue weighted by molar-refractivity contribution is 6.32. The van der Waals surface area contributed by atoms with Gasteiger partial charge in [0.25, 0.3) is 12.9 Å². The molecule has 0 radical (unpaired) electrons. The first-order valence-corrected chi connectivity index (χ1v) is 7.42. The Morgan fingerprint density at radius 1 is 1.21 bits per heavy atom. The Labute approximate surface area is 140 Å². The van der Waals surface area contributed by atoms with Gasteiger partial charge in [-0.25, -0.2) is 17.6 Å². The monoisotopic (exact) mass is 363 g/mol. The lowest BCUT2D eigenvalue weighted by Gasteiger charge is -2.08. The Kier molecular flexibility index (Phi) is 5.82. The first kappa shape index (κ1) is 18.3. The lowest BCUT2D eigenvalue weighted by molar-refractivity contribution is -0.117. The molecule has 4 nitrogen and oxygen atoms in total. The molecule has 1 amide bonds. The van der Waals surface area contributed by atoms with Crippen molar-refractivity contribution in [3.63, 3.8) is 0 Å². The number of anilines is 1. The van der Waals surface area contributed by atoms with Crippen LogP contribution in [0.4, 0.5) is 23.2 Å². The van der Waals surface area contributed by atoms with Crippen LogP contribution in [0.3, 0.4) is 0 Å². The van der Waals surface area contributed by atoms with Gasteiger partial charge in [-0.3, -0.25) is 9.48 Å². The molecule has 0 saturated carbocycles. The smallest absolute Gasteiger partial charge is 0.283 e. The maximum Gasteiger partial charge on any atom is 0.283 e. The van der Waals surface area contributed by atoms with Crippen molar-refractivity contribution in [1.29, 1.82) is 0 Å². The molecule has 0 fully saturated rings. The number of rotatable bonds is 6. The second kappa shape index (κ2) is 7.65. The third-order valence-corrected chi connectivity index (χ3v) is 3.70. The van der Waals surface area contributed by atoms with Gasteiger partial charge < -0.3 is 5.32 Å². The molecule has 0 aliphatic carbocycles. The number of halogens is 5. The van der Waals surface area contributed by atoms with Gasteiger partial charge in [0.15, 0.2) is 0 Å². The second-order valence-electron chi connectivity index (χ2n) is 4.94. The number of aromatic nitrogens is 2. The molecule has 0 atom stereocenters. The number of amides is 1. The topological polar surface area (TPSA) is 46.9 Å². The Balaban J connectivity index is 2.17. The van der Waals surface area contributed by atoms with E-state index in [1.165, 1.54) is 0 Å². The van der Waals surface area contributed by atoms with Crippen LogP contribution in [0.1, 0.15) is 36.7 Å². The molecule has 130 valence electrons. The Bertz CT molecular complexity index is 716. The van der Waals surface area contributed by atoms with Gasteiger partial charge in [-0.15, -0.1) is 0 Å². The molecule has 0 saturated heterocycles. The number of hydrogen-bond acceptors (Lipinski definition) is 2. The molecule has 1 heterocycles.